The van der Waals surface area contributed by atoms with Crippen LogP contribution in [0.2, 0.25) is 0 Å². The minimum atomic E-state index is -0.236. The number of likely N-dealkylation sites (N-methyl/N-ethyl adjacent to an activating group) is 1. The quantitative estimate of drug-likeness (QED) is 0.661. The smallest absolute Gasteiger partial charge is 0.317 e. The first-order chi connectivity index (χ1) is 14.3. The van der Waals surface area contributed by atoms with Gasteiger partial charge in [0.05, 0.1) is 0 Å². The molecule has 2 aromatic rings. The summed E-state index contributed by atoms with van der Waals surface area (Å²) in [5, 5.41) is 5.50. The predicted molar refractivity (Wildman–Crippen MR) is 115 cm³/mol. The van der Waals surface area contributed by atoms with E-state index in [1.54, 1.807) is 50.3 Å². The fourth-order valence-corrected chi connectivity index (χ4v) is 2.48. The van der Waals surface area contributed by atoms with Crippen LogP contribution in [0.25, 0.3) is 0 Å². The number of hydrogen-bond acceptors (Lipinski definition) is 4. The normalized spacial score (nSPS) is 10.1. The molecule has 30 heavy (non-hydrogen) atoms. The second kappa shape index (κ2) is 11.5. The third-order valence-electron chi connectivity index (χ3n) is 4.24. The molecule has 8 nitrogen and oxygen atoms in total. The summed E-state index contributed by atoms with van der Waals surface area (Å²) < 4.78 is 5.39. The van der Waals surface area contributed by atoms with Crippen LogP contribution < -0.4 is 15.4 Å². The highest BCUT2D eigenvalue weighted by molar-refractivity contribution is 5.91. The van der Waals surface area contributed by atoms with Crippen molar-refractivity contribution in [3.63, 3.8) is 0 Å². The summed E-state index contributed by atoms with van der Waals surface area (Å²) in [6, 6.07) is 16.2. The molecule has 0 bridgehead atoms. The Labute approximate surface area is 176 Å². The Morgan fingerprint density at radius 2 is 1.60 bits per heavy atom. The van der Waals surface area contributed by atoms with Gasteiger partial charge in [-0.05, 0) is 29.8 Å². The van der Waals surface area contributed by atoms with Gasteiger partial charge in [-0.3, -0.25) is 9.59 Å². The molecule has 0 saturated carbocycles. The van der Waals surface area contributed by atoms with Crippen LogP contribution in [0.4, 0.5) is 10.5 Å². The molecule has 0 aliphatic heterocycles. The van der Waals surface area contributed by atoms with Crippen molar-refractivity contribution < 1.29 is 19.1 Å². The number of nitrogens with zero attached hydrogens (tertiary/aromatic N) is 2. The van der Waals surface area contributed by atoms with Crippen molar-refractivity contribution in [2.45, 2.75) is 13.0 Å². The zero-order valence-corrected chi connectivity index (χ0v) is 17.6. The van der Waals surface area contributed by atoms with Crippen LogP contribution in [0.3, 0.4) is 0 Å². The first-order valence-corrected chi connectivity index (χ1v) is 9.61. The van der Waals surface area contributed by atoms with Gasteiger partial charge in [-0.1, -0.05) is 30.3 Å². The van der Waals surface area contributed by atoms with Gasteiger partial charge in [0.25, 0.3) is 5.91 Å². The standard InChI is InChI=1S/C22H28N4O4/c1-25(2)21(28)16-30-19-11-9-18(10-12-19)24-20(27)13-14-23-22(29)26(3)15-17-7-5-4-6-8-17/h4-12H,13-16H2,1-3H3,(H,23,29)(H,24,27). The predicted octanol–water partition coefficient (Wildman–Crippen LogP) is 2.32. The fourth-order valence-electron chi connectivity index (χ4n) is 2.48. The Morgan fingerprint density at radius 1 is 0.933 bits per heavy atom. The number of urea groups is 1. The topological polar surface area (TPSA) is 91.0 Å². The minimum Gasteiger partial charge on any atom is -0.484 e. The highest BCUT2D eigenvalue weighted by Crippen LogP contribution is 2.16. The molecule has 2 aromatic carbocycles. The van der Waals surface area contributed by atoms with Gasteiger partial charge < -0.3 is 25.2 Å². The second-order valence-electron chi connectivity index (χ2n) is 6.97. The van der Waals surface area contributed by atoms with Crippen molar-refractivity contribution in [3.05, 3.63) is 60.2 Å². The van der Waals surface area contributed by atoms with Gasteiger partial charge in [0.15, 0.2) is 6.61 Å². The van der Waals surface area contributed by atoms with Gasteiger partial charge in [0.2, 0.25) is 5.91 Å². The number of anilines is 1. The molecular weight excluding hydrogens is 384 g/mol. The molecule has 2 rings (SSSR count). The monoisotopic (exact) mass is 412 g/mol. The Morgan fingerprint density at radius 3 is 2.23 bits per heavy atom. The average molecular weight is 412 g/mol. The largest absolute Gasteiger partial charge is 0.484 e. The van der Waals surface area contributed by atoms with E-state index in [1.807, 2.05) is 30.3 Å². The number of hydrogen-bond donors (Lipinski definition) is 2. The van der Waals surface area contributed by atoms with E-state index in [2.05, 4.69) is 10.6 Å². The van der Waals surface area contributed by atoms with E-state index in [0.29, 0.717) is 18.0 Å². The minimum absolute atomic E-state index is 0.0445. The van der Waals surface area contributed by atoms with Gasteiger partial charge in [0.1, 0.15) is 5.75 Å². The molecule has 0 unspecified atom stereocenters. The van der Waals surface area contributed by atoms with E-state index < -0.39 is 0 Å². The Balaban J connectivity index is 1.69. The van der Waals surface area contributed by atoms with Crippen LogP contribution in [0.15, 0.2) is 54.6 Å². The maximum atomic E-state index is 12.1. The molecule has 0 atom stereocenters. The number of nitrogens with one attached hydrogen (secondary N) is 2. The average Bonchev–Trinajstić information content (AvgIpc) is 2.73. The molecule has 0 aliphatic carbocycles. The molecule has 4 amide bonds. The highest BCUT2D eigenvalue weighted by atomic mass is 16.5. The van der Waals surface area contributed by atoms with E-state index in [1.165, 1.54) is 4.90 Å². The van der Waals surface area contributed by atoms with Crippen LogP contribution in [-0.2, 0) is 16.1 Å². The molecule has 0 aromatic heterocycles. The molecular formula is C22H28N4O4. The van der Waals surface area contributed by atoms with Gasteiger partial charge in [-0.25, -0.2) is 4.79 Å². The summed E-state index contributed by atoms with van der Waals surface area (Å²) in [7, 11) is 5.03. The Bertz CT molecular complexity index is 838. The molecule has 160 valence electrons. The third kappa shape index (κ3) is 7.83. The maximum absolute atomic E-state index is 12.1. The van der Waals surface area contributed by atoms with Crippen LogP contribution in [-0.4, -0.2) is 61.9 Å². The summed E-state index contributed by atoms with van der Waals surface area (Å²) in [5.74, 6) is 0.193. The lowest BCUT2D eigenvalue weighted by atomic mass is 10.2. The van der Waals surface area contributed by atoms with Crippen molar-refractivity contribution in [3.8, 4) is 5.75 Å². The van der Waals surface area contributed by atoms with E-state index in [-0.39, 0.29) is 37.4 Å². The van der Waals surface area contributed by atoms with Gasteiger partial charge in [-0.15, -0.1) is 0 Å². The molecule has 0 aliphatic rings. The highest BCUT2D eigenvalue weighted by Gasteiger charge is 2.10. The number of rotatable bonds is 9. The first kappa shape index (κ1) is 22.7. The van der Waals surface area contributed by atoms with Crippen LogP contribution >= 0.6 is 0 Å². The van der Waals surface area contributed by atoms with E-state index in [9.17, 15) is 14.4 Å². The molecule has 0 saturated heterocycles. The van der Waals surface area contributed by atoms with Crippen molar-refractivity contribution >= 4 is 23.5 Å². The van der Waals surface area contributed by atoms with Crippen molar-refractivity contribution in [1.29, 1.82) is 0 Å². The third-order valence-corrected chi connectivity index (χ3v) is 4.24. The number of ether oxygens (including phenoxy) is 1. The Hall–Kier alpha value is -3.55. The second-order valence-corrected chi connectivity index (χ2v) is 6.97. The van der Waals surface area contributed by atoms with E-state index in [4.69, 9.17) is 4.74 Å². The molecule has 8 heteroatoms. The lowest BCUT2D eigenvalue weighted by molar-refractivity contribution is -0.130. The van der Waals surface area contributed by atoms with Gasteiger partial charge >= 0.3 is 6.03 Å². The molecule has 0 spiro atoms. The lowest BCUT2D eigenvalue weighted by Crippen LogP contribution is -2.38. The van der Waals surface area contributed by atoms with Crippen LogP contribution in [0, 0.1) is 0 Å². The zero-order valence-electron chi connectivity index (χ0n) is 17.6. The van der Waals surface area contributed by atoms with Crippen molar-refractivity contribution in [2.75, 3.05) is 39.6 Å². The van der Waals surface area contributed by atoms with Crippen LogP contribution in [0.1, 0.15) is 12.0 Å². The molecule has 0 fully saturated rings. The summed E-state index contributed by atoms with van der Waals surface area (Å²) in [6.45, 7) is 0.683. The van der Waals surface area contributed by atoms with Gasteiger partial charge in [-0.2, -0.15) is 0 Å². The fraction of sp³-hybridized carbons (Fsp3) is 0.318. The summed E-state index contributed by atoms with van der Waals surface area (Å²) in [4.78, 5) is 38.7. The molecule has 0 heterocycles. The lowest BCUT2D eigenvalue weighted by Gasteiger charge is -2.18. The van der Waals surface area contributed by atoms with E-state index >= 15 is 0 Å². The number of amides is 4. The van der Waals surface area contributed by atoms with E-state index in [0.717, 1.165) is 5.56 Å². The summed E-state index contributed by atoms with van der Waals surface area (Å²) >= 11 is 0. The Kier molecular flexibility index (Phi) is 8.68. The molecule has 2 N–H and O–H groups in total. The number of carbonyl (C=O) groups excluding carboxylic acids is 3. The maximum Gasteiger partial charge on any atom is 0.317 e. The zero-order chi connectivity index (χ0) is 21.9. The van der Waals surface area contributed by atoms with Crippen LogP contribution in [0.5, 0.6) is 5.75 Å². The van der Waals surface area contributed by atoms with Crippen molar-refractivity contribution in [1.82, 2.24) is 15.1 Å². The number of benzene rings is 2. The summed E-state index contributed by atoms with van der Waals surface area (Å²) in [6.07, 6.45) is 0.153. The van der Waals surface area contributed by atoms with Crippen molar-refractivity contribution in [2.24, 2.45) is 0 Å². The molecule has 0 radical (unpaired) electrons. The number of carbonyl (C=O) groups is 3. The van der Waals surface area contributed by atoms with Gasteiger partial charge in [0, 0.05) is 46.3 Å². The SMILES string of the molecule is CN(C)C(=O)COc1ccc(NC(=O)CCNC(=O)N(C)Cc2ccccc2)cc1. The summed E-state index contributed by atoms with van der Waals surface area (Å²) in [5.41, 5.74) is 1.64. The first-order valence-electron chi connectivity index (χ1n) is 9.61.